The van der Waals surface area contributed by atoms with Crippen molar-refractivity contribution in [2.24, 2.45) is 5.10 Å². The van der Waals surface area contributed by atoms with E-state index in [-0.39, 0.29) is 23.6 Å². The summed E-state index contributed by atoms with van der Waals surface area (Å²) in [5.74, 6) is -0.640. The predicted molar refractivity (Wildman–Crippen MR) is 82.5 cm³/mol. The summed E-state index contributed by atoms with van der Waals surface area (Å²) in [4.78, 5) is 36.1. The average molecular weight is 332 g/mol. The van der Waals surface area contributed by atoms with Gasteiger partial charge in [-0.1, -0.05) is 12.1 Å². The van der Waals surface area contributed by atoms with Gasteiger partial charge in [0.2, 0.25) is 0 Å². The molecule has 0 unspecified atom stereocenters. The monoisotopic (exact) mass is 332 g/mol. The zero-order chi connectivity index (χ0) is 17.7. The molecule has 124 valence electrons. The Hall–Kier alpha value is -3.63. The van der Waals surface area contributed by atoms with E-state index in [1.165, 1.54) is 25.1 Å². The molecule has 0 atom stereocenters. The quantitative estimate of drug-likeness (QED) is 0.477. The van der Waals surface area contributed by atoms with E-state index in [1.807, 2.05) is 0 Å². The van der Waals surface area contributed by atoms with Crippen molar-refractivity contribution >= 4 is 23.6 Å². The number of nitro benzene ring substituents is 1. The van der Waals surface area contributed by atoms with Crippen molar-refractivity contribution < 1.29 is 14.6 Å². The summed E-state index contributed by atoms with van der Waals surface area (Å²) in [5, 5.41) is 25.3. The molecule has 11 nitrogen and oxygen atoms in total. The Kier molecular flexibility index (Phi) is 4.94. The smallest absolute Gasteiger partial charge is 0.343 e. The van der Waals surface area contributed by atoms with Gasteiger partial charge in [0.05, 0.1) is 16.7 Å². The second-order valence-electron chi connectivity index (χ2n) is 4.62. The summed E-state index contributed by atoms with van der Waals surface area (Å²) in [6.07, 6.45) is 2.18. The number of imidazole rings is 1. The lowest BCUT2D eigenvalue weighted by atomic mass is 10.2. The van der Waals surface area contributed by atoms with Crippen molar-refractivity contribution in [1.82, 2.24) is 15.0 Å². The number of hydrogen-bond donors (Lipinski definition) is 1. The van der Waals surface area contributed by atoms with E-state index in [9.17, 15) is 25.0 Å². The highest BCUT2D eigenvalue weighted by Crippen LogP contribution is 2.15. The average Bonchev–Trinajstić information content (AvgIpc) is 2.89. The van der Waals surface area contributed by atoms with Crippen molar-refractivity contribution in [1.29, 1.82) is 0 Å². The van der Waals surface area contributed by atoms with Crippen LogP contribution in [0.15, 0.2) is 35.6 Å². The summed E-state index contributed by atoms with van der Waals surface area (Å²) >= 11 is 0. The first-order valence-electron chi connectivity index (χ1n) is 6.62. The highest BCUT2D eigenvalue weighted by Gasteiger charge is 2.20. The number of rotatable bonds is 6. The van der Waals surface area contributed by atoms with Gasteiger partial charge in [0.15, 0.2) is 12.4 Å². The summed E-state index contributed by atoms with van der Waals surface area (Å²) in [7, 11) is 0. The van der Waals surface area contributed by atoms with Crippen molar-refractivity contribution in [2.75, 3.05) is 0 Å². The maximum atomic E-state index is 11.8. The van der Waals surface area contributed by atoms with E-state index in [1.54, 1.807) is 6.07 Å². The molecule has 11 heteroatoms. The molecule has 0 spiro atoms. The molecular weight excluding hydrogens is 320 g/mol. The zero-order valence-corrected chi connectivity index (χ0v) is 12.4. The number of carbonyl (C=O) groups is 1. The summed E-state index contributed by atoms with van der Waals surface area (Å²) < 4.78 is 1.12. The van der Waals surface area contributed by atoms with Gasteiger partial charge in [0.1, 0.15) is 6.20 Å². The fraction of sp³-hybridized carbons (Fsp3) is 0.154. The Balaban J connectivity index is 2.06. The second-order valence-corrected chi connectivity index (χ2v) is 4.62. The number of aryl methyl sites for hydroxylation is 1. The van der Waals surface area contributed by atoms with Gasteiger partial charge in [-0.25, -0.2) is 15.0 Å². The minimum atomic E-state index is -0.649. The fourth-order valence-corrected chi connectivity index (χ4v) is 1.91. The molecule has 0 bridgehead atoms. The molecule has 2 rings (SSSR count). The van der Waals surface area contributed by atoms with Crippen LogP contribution in [0.3, 0.4) is 0 Å². The third-order valence-electron chi connectivity index (χ3n) is 3.05. The summed E-state index contributed by atoms with van der Waals surface area (Å²) in [6.45, 7) is 1.17. The maximum Gasteiger partial charge on any atom is 0.343 e. The van der Waals surface area contributed by atoms with E-state index >= 15 is 0 Å². The molecule has 24 heavy (non-hydrogen) atoms. The van der Waals surface area contributed by atoms with Gasteiger partial charge in [0, 0.05) is 13.0 Å². The van der Waals surface area contributed by atoms with Crippen LogP contribution in [0.5, 0.6) is 0 Å². The highest BCUT2D eigenvalue weighted by molar-refractivity contribution is 5.86. The standard InChI is InChI=1S/C13H12N6O5/c1-9-14-7-13(19(23)24)17(9)8-12(20)16-15-6-10-4-2-3-5-11(10)18(21)22/h2-7H,8H2,1H3,(H,16,20)/b15-6+. The van der Waals surface area contributed by atoms with Crippen LogP contribution < -0.4 is 5.43 Å². The molecule has 0 fully saturated rings. The normalized spacial score (nSPS) is 10.7. The number of amides is 1. The molecule has 2 aromatic rings. The van der Waals surface area contributed by atoms with E-state index in [4.69, 9.17) is 0 Å². The SMILES string of the molecule is Cc1ncc([N+](=O)[O-])n1CC(=O)N/N=C/c1ccccc1[N+](=O)[O-]. The number of para-hydroxylation sites is 1. The fourth-order valence-electron chi connectivity index (χ4n) is 1.91. The number of hydrazone groups is 1. The molecule has 1 aromatic heterocycles. The number of hydrogen-bond acceptors (Lipinski definition) is 7. The van der Waals surface area contributed by atoms with Gasteiger partial charge in [-0.2, -0.15) is 5.10 Å². The van der Waals surface area contributed by atoms with Gasteiger partial charge < -0.3 is 10.1 Å². The van der Waals surface area contributed by atoms with Crippen molar-refractivity contribution in [3.63, 3.8) is 0 Å². The number of carbonyl (C=O) groups excluding carboxylic acids is 1. The Morgan fingerprint density at radius 2 is 2.04 bits per heavy atom. The number of nitro groups is 2. The molecule has 0 aliphatic heterocycles. The van der Waals surface area contributed by atoms with Crippen molar-refractivity contribution in [2.45, 2.75) is 13.5 Å². The van der Waals surface area contributed by atoms with E-state index < -0.39 is 15.8 Å². The summed E-state index contributed by atoms with van der Waals surface area (Å²) in [6, 6.07) is 5.88. The number of nitrogens with one attached hydrogen (secondary N) is 1. The van der Waals surface area contributed by atoms with Gasteiger partial charge in [-0.15, -0.1) is 0 Å². The molecular formula is C13H12N6O5. The lowest BCUT2D eigenvalue weighted by molar-refractivity contribution is -0.392. The van der Waals surface area contributed by atoms with Crippen LogP contribution >= 0.6 is 0 Å². The van der Waals surface area contributed by atoms with E-state index in [0.717, 1.165) is 17.0 Å². The van der Waals surface area contributed by atoms with Crippen LogP contribution in [0.1, 0.15) is 11.4 Å². The predicted octanol–water partition coefficient (Wildman–Crippen LogP) is 1.16. The van der Waals surface area contributed by atoms with Gasteiger partial charge in [-0.3, -0.25) is 14.9 Å². The topological polar surface area (TPSA) is 146 Å². The van der Waals surface area contributed by atoms with Crippen molar-refractivity contribution in [3.05, 3.63) is 62.1 Å². The molecule has 0 saturated heterocycles. The van der Waals surface area contributed by atoms with Crippen molar-refractivity contribution in [3.8, 4) is 0 Å². The van der Waals surface area contributed by atoms with Gasteiger partial charge in [-0.05, 0) is 11.0 Å². The largest absolute Gasteiger partial charge is 0.358 e. The van der Waals surface area contributed by atoms with Crippen LogP contribution in [-0.2, 0) is 11.3 Å². The molecule has 1 amide bonds. The zero-order valence-electron chi connectivity index (χ0n) is 12.4. The first kappa shape index (κ1) is 16.7. The minimum Gasteiger partial charge on any atom is -0.358 e. The molecule has 1 N–H and O–H groups in total. The van der Waals surface area contributed by atoms with Gasteiger partial charge in [0.25, 0.3) is 11.6 Å². The van der Waals surface area contributed by atoms with Crippen LogP contribution in [0.25, 0.3) is 0 Å². The first-order valence-corrected chi connectivity index (χ1v) is 6.62. The molecule has 1 aromatic carbocycles. The van der Waals surface area contributed by atoms with Crippen LogP contribution in [0.4, 0.5) is 11.5 Å². The summed E-state index contributed by atoms with van der Waals surface area (Å²) in [5.41, 5.74) is 2.23. The second kappa shape index (κ2) is 7.09. The van der Waals surface area contributed by atoms with Crippen LogP contribution in [-0.4, -0.2) is 31.5 Å². The maximum absolute atomic E-state index is 11.8. The Morgan fingerprint density at radius 3 is 2.71 bits per heavy atom. The Morgan fingerprint density at radius 1 is 1.33 bits per heavy atom. The van der Waals surface area contributed by atoms with Crippen LogP contribution in [0.2, 0.25) is 0 Å². The molecule has 0 saturated carbocycles. The minimum absolute atomic E-state index is 0.156. The third-order valence-corrected chi connectivity index (χ3v) is 3.05. The lowest BCUT2D eigenvalue weighted by Crippen LogP contribution is -2.24. The number of benzene rings is 1. The Labute approximate surface area is 134 Å². The number of nitrogens with zero attached hydrogens (tertiary/aromatic N) is 5. The Bertz CT molecular complexity index is 828. The van der Waals surface area contributed by atoms with Gasteiger partial charge >= 0.3 is 5.82 Å². The molecule has 0 radical (unpaired) electrons. The van der Waals surface area contributed by atoms with E-state index in [2.05, 4.69) is 15.5 Å². The van der Waals surface area contributed by atoms with Crippen LogP contribution in [0, 0.1) is 27.2 Å². The molecule has 0 aliphatic carbocycles. The molecule has 0 aliphatic rings. The van der Waals surface area contributed by atoms with E-state index in [0.29, 0.717) is 5.82 Å². The molecule has 1 heterocycles. The highest BCUT2D eigenvalue weighted by atomic mass is 16.6. The first-order chi connectivity index (χ1) is 11.4. The third kappa shape index (κ3) is 3.76. The lowest BCUT2D eigenvalue weighted by Gasteiger charge is -2.02. The number of aromatic nitrogens is 2.